The van der Waals surface area contributed by atoms with E-state index in [-0.39, 0.29) is 52.8 Å². The fourth-order valence-corrected chi connectivity index (χ4v) is 0.0770. The molecular formula is CH2ClKN2O4. The third kappa shape index (κ3) is 5.18. The van der Waals surface area contributed by atoms with Crippen molar-refractivity contribution >= 4 is 11.6 Å². The molecule has 0 fully saturated rings. The van der Waals surface area contributed by atoms with Gasteiger partial charge in [0.05, 0.1) is 0 Å². The van der Waals surface area contributed by atoms with Gasteiger partial charge in [0.1, 0.15) is 9.85 Å². The van der Waals surface area contributed by atoms with E-state index in [0.29, 0.717) is 0 Å². The molecule has 8 heteroatoms. The van der Waals surface area contributed by atoms with Gasteiger partial charge in [-0.2, -0.15) is 0 Å². The third-order valence-electron chi connectivity index (χ3n) is 0.348. The van der Waals surface area contributed by atoms with Crippen LogP contribution in [0.5, 0.6) is 0 Å². The molecule has 0 N–H and O–H groups in total. The number of hydrogen-bond donors (Lipinski definition) is 0. The number of rotatable bonds is 2. The zero-order valence-electron chi connectivity index (χ0n) is 5.48. The van der Waals surface area contributed by atoms with Gasteiger partial charge in [0.25, 0.3) is 0 Å². The molecule has 0 bridgehead atoms. The Morgan fingerprint density at radius 2 is 1.56 bits per heavy atom. The molecule has 0 aromatic carbocycles. The first-order valence-corrected chi connectivity index (χ1v) is 1.90. The van der Waals surface area contributed by atoms with E-state index in [1.807, 2.05) is 0 Å². The summed E-state index contributed by atoms with van der Waals surface area (Å²) in [7, 11) is 0. The second kappa shape index (κ2) is 5.51. The van der Waals surface area contributed by atoms with Crippen molar-refractivity contribution in [2.24, 2.45) is 0 Å². The fourth-order valence-electron chi connectivity index (χ4n) is 0.0770. The average Bonchev–Trinajstić information content (AvgIpc) is 1.64. The molecule has 9 heavy (non-hydrogen) atoms. The van der Waals surface area contributed by atoms with E-state index in [9.17, 15) is 20.2 Å². The van der Waals surface area contributed by atoms with Gasteiger partial charge in [-0.05, 0) is 0 Å². The Bertz CT molecular complexity index is 118. The molecule has 0 aromatic heterocycles. The zero-order chi connectivity index (χ0) is 6.73. The van der Waals surface area contributed by atoms with E-state index < -0.39 is 15.5 Å². The van der Waals surface area contributed by atoms with Crippen LogP contribution in [0, 0.1) is 20.2 Å². The normalized spacial score (nSPS) is 8.22. The van der Waals surface area contributed by atoms with E-state index in [2.05, 4.69) is 11.6 Å². The van der Waals surface area contributed by atoms with Gasteiger partial charge in [0, 0.05) is 11.6 Å². The molecule has 0 heterocycles. The summed E-state index contributed by atoms with van der Waals surface area (Å²) in [6.45, 7) is 0. The monoisotopic (exact) mass is 180 g/mol. The minimum absolute atomic E-state index is 0. The van der Waals surface area contributed by atoms with Crippen molar-refractivity contribution in [1.82, 2.24) is 0 Å². The summed E-state index contributed by atoms with van der Waals surface area (Å²) < 4.78 is 0. The Hall–Kier alpha value is 0.726. The molecule has 0 amide bonds. The molecule has 0 aliphatic heterocycles. The van der Waals surface area contributed by atoms with E-state index in [1.54, 1.807) is 0 Å². The van der Waals surface area contributed by atoms with Gasteiger partial charge in [-0.1, -0.05) is 0 Å². The second-order valence-corrected chi connectivity index (χ2v) is 1.27. The van der Waals surface area contributed by atoms with E-state index in [4.69, 9.17) is 0 Å². The molecule has 0 saturated carbocycles. The van der Waals surface area contributed by atoms with Crippen LogP contribution in [0.15, 0.2) is 0 Å². The molecule has 0 spiro atoms. The summed E-state index contributed by atoms with van der Waals surface area (Å²) in [6, 6.07) is 0. The molecule has 0 radical (unpaired) electrons. The SMILES string of the molecule is O=[N+]([O-])C(Cl)[N+](=O)[O-].[H-].[K+]. The maximum Gasteiger partial charge on any atom is 1.00 e. The predicted octanol–water partition coefficient (Wildman–Crippen LogP) is -2.82. The smallest absolute Gasteiger partial charge is 1.00 e. The van der Waals surface area contributed by atoms with E-state index in [1.165, 1.54) is 0 Å². The van der Waals surface area contributed by atoms with Crippen LogP contribution in [0.25, 0.3) is 0 Å². The Morgan fingerprint density at radius 1 is 1.33 bits per heavy atom. The first kappa shape index (κ1) is 12.4. The van der Waals surface area contributed by atoms with Crippen LogP contribution in [0.4, 0.5) is 0 Å². The van der Waals surface area contributed by atoms with Crippen LogP contribution >= 0.6 is 11.6 Å². The summed E-state index contributed by atoms with van der Waals surface area (Å²) in [5, 5.41) is 18.7. The van der Waals surface area contributed by atoms with Gasteiger partial charge >= 0.3 is 57.0 Å². The van der Waals surface area contributed by atoms with Crippen LogP contribution in [0.2, 0.25) is 0 Å². The van der Waals surface area contributed by atoms with Crippen molar-refractivity contribution in [1.29, 1.82) is 0 Å². The summed E-state index contributed by atoms with van der Waals surface area (Å²) in [5.74, 6) is 0. The van der Waals surface area contributed by atoms with Crippen molar-refractivity contribution in [2.75, 3.05) is 0 Å². The summed E-state index contributed by atoms with van der Waals surface area (Å²) >= 11 is 4.55. The topological polar surface area (TPSA) is 86.3 Å². The quantitative estimate of drug-likeness (QED) is 0.115. The van der Waals surface area contributed by atoms with Crippen molar-refractivity contribution in [3.8, 4) is 0 Å². The molecule has 6 nitrogen and oxygen atoms in total. The maximum absolute atomic E-state index is 9.37. The minimum atomic E-state index is -2.21. The number of alkyl halides is 1. The van der Waals surface area contributed by atoms with Crippen LogP contribution in [-0.4, -0.2) is 15.5 Å². The molecule has 0 atom stereocenters. The van der Waals surface area contributed by atoms with Crippen molar-refractivity contribution in [3.05, 3.63) is 20.2 Å². The summed E-state index contributed by atoms with van der Waals surface area (Å²) in [5.41, 5.74) is -2.21. The van der Waals surface area contributed by atoms with Crippen molar-refractivity contribution in [2.45, 2.75) is 5.62 Å². The molecule has 0 aromatic rings. The predicted molar refractivity (Wildman–Crippen MR) is 24.7 cm³/mol. The van der Waals surface area contributed by atoms with Crippen LogP contribution in [-0.2, 0) is 0 Å². The Kier molecular flexibility index (Phi) is 7.59. The molecule has 0 aliphatic rings. The second-order valence-electron chi connectivity index (χ2n) is 0.881. The van der Waals surface area contributed by atoms with Crippen LogP contribution < -0.4 is 51.4 Å². The third-order valence-corrected chi connectivity index (χ3v) is 0.667. The number of hydrogen-bond acceptors (Lipinski definition) is 4. The average molecular weight is 181 g/mol. The maximum atomic E-state index is 9.37. The molecule has 0 saturated heterocycles. The standard InChI is InChI=1S/CHClN2O4.K.H/c2-1(3(5)6)4(7)8;;/h1H;;/q;+1;-1. The molecule has 0 aliphatic carbocycles. The first-order valence-electron chi connectivity index (χ1n) is 1.46. The molecule has 48 valence electrons. The summed E-state index contributed by atoms with van der Waals surface area (Å²) in [4.78, 5) is 16.4. The number of halogens is 1. The molecular weight excluding hydrogens is 179 g/mol. The van der Waals surface area contributed by atoms with Gasteiger partial charge in [0.2, 0.25) is 0 Å². The van der Waals surface area contributed by atoms with Crippen molar-refractivity contribution < 1.29 is 62.7 Å². The van der Waals surface area contributed by atoms with Gasteiger partial charge in [-0.3, -0.25) is 20.2 Å². The van der Waals surface area contributed by atoms with E-state index >= 15 is 0 Å². The van der Waals surface area contributed by atoms with E-state index in [0.717, 1.165) is 0 Å². The Labute approximate surface area is 98.8 Å². The largest absolute Gasteiger partial charge is 1.00 e. The minimum Gasteiger partial charge on any atom is -1.00 e. The molecule has 0 unspecified atom stereocenters. The van der Waals surface area contributed by atoms with Gasteiger partial charge in [-0.25, -0.2) is 0 Å². The summed E-state index contributed by atoms with van der Waals surface area (Å²) in [6.07, 6.45) is 0. The van der Waals surface area contributed by atoms with Gasteiger partial charge in [0.15, 0.2) is 0 Å². The number of nitrogens with zero attached hydrogens (tertiary/aromatic N) is 2. The molecule has 0 rings (SSSR count). The Morgan fingerprint density at radius 3 is 1.56 bits per heavy atom. The zero-order valence-corrected chi connectivity index (χ0v) is 8.36. The Balaban J connectivity index is -0.000000245. The van der Waals surface area contributed by atoms with Gasteiger partial charge in [-0.15, -0.1) is 0 Å². The van der Waals surface area contributed by atoms with Crippen LogP contribution in [0.1, 0.15) is 1.43 Å². The fraction of sp³-hybridized carbons (Fsp3) is 1.00. The van der Waals surface area contributed by atoms with Crippen LogP contribution in [0.3, 0.4) is 0 Å². The first-order chi connectivity index (χ1) is 3.55. The van der Waals surface area contributed by atoms with Gasteiger partial charge < -0.3 is 1.43 Å². The number of nitro groups is 2. The van der Waals surface area contributed by atoms with Crippen molar-refractivity contribution in [3.63, 3.8) is 0 Å².